The van der Waals surface area contributed by atoms with Gasteiger partial charge in [-0.2, -0.15) is 0 Å². The summed E-state index contributed by atoms with van der Waals surface area (Å²) in [5, 5.41) is 2.90. The minimum Gasteiger partial charge on any atom is -0.339 e. The van der Waals surface area contributed by atoms with E-state index < -0.39 is 0 Å². The lowest BCUT2D eigenvalue weighted by Gasteiger charge is -2.44. The van der Waals surface area contributed by atoms with Crippen LogP contribution in [0.2, 0.25) is 0 Å². The van der Waals surface area contributed by atoms with Gasteiger partial charge in [0.25, 0.3) is 0 Å². The molecule has 5 heteroatoms. The topological polar surface area (TPSA) is 46.1 Å². The fourth-order valence-corrected chi connectivity index (χ4v) is 4.98. The third-order valence-corrected chi connectivity index (χ3v) is 6.25. The van der Waals surface area contributed by atoms with Crippen molar-refractivity contribution in [2.45, 2.75) is 51.0 Å². The average Bonchev–Trinajstić information content (AvgIpc) is 3.10. The Labute approximate surface area is 146 Å². The first-order valence-corrected chi connectivity index (χ1v) is 9.84. The maximum Gasteiger partial charge on any atom is 0.228 e. The normalized spacial score (nSPS) is 23.8. The molecule has 1 amide bonds. The Hall–Kier alpha value is -1.75. The van der Waals surface area contributed by atoms with Crippen molar-refractivity contribution < 1.29 is 4.79 Å². The molecule has 0 aromatic carbocycles. The van der Waals surface area contributed by atoms with Gasteiger partial charge >= 0.3 is 0 Å². The van der Waals surface area contributed by atoms with Gasteiger partial charge in [0.15, 0.2) is 0 Å². The number of carbonyl (C=O) groups is 1. The highest BCUT2D eigenvalue weighted by molar-refractivity contribution is 7.13. The molecule has 3 heterocycles. The molecule has 0 bridgehead atoms. The van der Waals surface area contributed by atoms with Crippen molar-refractivity contribution in [3.63, 3.8) is 0 Å². The lowest BCUT2D eigenvalue weighted by Crippen LogP contribution is -2.50. The Bertz CT molecular complexity index is 698. The second-order valence-electron chi connectivity index (χ2n) is 6.88. The zero-order chi connectivity index (χ0) is 16.4. The maximum atomic E-state index is 12.8. The summed E-state index contributed by atoms with van der Waals surface area (Å²) in [6.45, 7) is 0.928. The molecule has 2 aliphatic rings. The third-order valence-electron chi connectivity index (χ3n) is 5.33. The third kappa shape index (κ3) is 3.22. The van der Waals surface area contributed by atoms with Crippen molar-refractivity contribution in [1.29, 1.82) is 0 Å². The number of pyridine rings is 1. The van der Waals surface area contributed by atoms with Crippen LogP contribution in [0.4, 0.5) is 0 Å². The van der Waals surface area contributed by atoms with Crippen molar-refractivity contribution in [1.82, 2.24) is 14.9 Å². The number of likely N-dealkylation sites (tertiary alicyclic amines) is 1. The molecule has 0 N–H and O–H groups in total. The number of rotatable bonds is 3. The monoisotopic (exact) mass is 341 g/mol. The van der Waals surface area contributed by atoms with E-state index in [0.717, 1.165) is 35.3 Å². The van der Waals surface area contributed by atoms with E-state index in [1.165, 1.54) is 32.1 Å². The van der Waals surface area contributed by atoms with E-state index >= 15 is 0 Å². The van der Waals surface area contributed by atoms with Gasteiger partial charge in [-0.05, 0) is 43.7 Å². The number of hydrogen-bond acceptors (Lipinski definition) is 4. The van der Waals surface area contributed by atoms with Crippen LogP contribution >= 0.6 is 11.3 Å². The average molecular weight is 341 g/mol. The van der Waals surface area contributed by atoms with E-state index in [1.807, 2.05) is 23.6 Å². The molecular formula is C19H23N3OS. The molecule has 2 fully saturated rings. The fourth-order valence-electron chi connectivity index (χ4n) is 4.19. The van der Waals surface area contributed by atoms with Crippen LogP contribution in [0.15, 0.2) is 29.8 Å². The Morgan fingerprint density at radius 1 is 1.21 bits per heavy atom. The van der Waals surface area contributed by atoms with E-state index in [1.54, 1.807) is 17.5 Å². The molecular weight excluding hydrogens is 318 g/mol. The molecule has 126 valence electrons. The lowest BCUT2D eigenvalue weighted by molar-refractivity contribution is -0.136. The van der Waals surface area contributed by atoms with Gasteiger partial charge in [0.2, 0.25) is 5.91 Å². The van der Waals surface area contributed by atoms with Crippen LogP contribution in [0.3, 0.4) is 0 Å². The summed E-state index contributed by atoms with van der Waals surface area (Å²) in [4.78, 5) is 24.0. The van der Waals surface area contributed by atoms with Gasteiger partial charge in [-0.25, -0.2) is 4.98 Å². The number of nitrogens with zero attached hydrogens (tertiary/aromatic N) is 3. The highest BCUT2D eigenvalue weighted by atomic mass is 32.1. The number of amides is 1. The van der Waals surface area contributed by atoms with Gasteiger partial charge in [-0.3, -0.25) is 9.78 Å². The molecule has 1 saturated carbocycles. The highest BCUT2D eigenvalue weighted by Crippen LogP contribution is 2.35. The molecule has 0 radical (unpaired) electrons. The SMILES string of the molecule is O=C(Cc1csc(-c2ccccn2)n1)N1CCCC2CCCCC21. The summed E-state index contributed by atoms with van der Waals surface area (Å²) in [6, 6.07) is 6.31. The maximum absolute atomic E-state index is 12.8. The predicted octanol–water partition coefficient (Wildman–Crippen LogP) is 3.93. The first kappa shape index (κ1) is 15.8. The Morgan fingerprint density at radius 2 is 2.08 bits per heavy atom. The lowest BCUT2D eigenvalue weighted by atomic mass is 9.78. The number of fused-ring (bicyclic) bond motifs is 1. The number of carbonyl (C=O) groups excluding carboxylic acids is 1. The minimum absolute atomic E-state index is 0.254. The van der Waals surface area contributed by atoms with Gasteiger partial charge in [0.1, 0.15) is 5.01 Å². The number of aromatic nitrogens is 2. The minimum atomic E-state index is 0.254. The highest BCUT2D eigenvalue weighted by Gasteiger charge is 2.35. The number of thiazole rings is 1. The molecule has 4 rings (SSSR count). The largest absolute Gasteiger partial charge is 0.339 e. The summed E-state index contributed by atoms with van der Waals surface area (Å²) in [7, 11) is 0. The van der Waals surface area contributed by atoms with Gasteiger partial charge in [0.05, 0.1) is 17.8 Å². The molecule has 2 atom stereocenters. The fraction of sp³-hybridized carbons (Fsp3) is 0.526. The molecule has 1 saturated heterocycles. The Morgan fingerprint density at radius 3 is 2.96 bits per heavy atom. The zero-order valence-electron chi connectivity index (χ0n) is 13.9. The van der Waals surface area contributed by atoms with Crippen molar-refractivity contribution in [2.24, 2.45) is 5.92 Å². The van der Waals surface area contributed by atoms with Crippen LogP contribution in [0, 0.1) is 5.92 Å². The second-order valence-corrected chi connectivity index (χ2v) is 7.74. The standard InChI is InChI=1S/C19H23N3OS/c23-18(22-11-5-7-14-6-1-2-9-17(14)22)12-15-13-24-19(21-15)16-8-3-4-10-20-16/h3-4,8,10,13-14,17H,1-2,5-7,9,11-12H2. The van der Waals surface area contributed by atoms with Crippen LogP contribution < -0.4 is 0 Å². The number of hydrogen-bond donors (Lipinski definition) is 0. The van der Waals surface area contributed by atoms with Crippen LogP contribution in [0.1, 0.15) is 44.2 Å². The van der Waals surface area contributed by atoms with Crippen molar-refractivity contribution in [3.8, 4) is 10.7 Å². The molecule has 2 aromatic heterocycles. The van der Waals surface area contributed by atoms with Crippen LogP contribution in [0.5, 0.6) is 0 Å². The van der Waals surface area contributed by atoms with E-state index in [0.29, 0.717) is 12.5 Å². The quantitative estimate of drug-likeness (QED) is 0.850. The predicted molar refractivity (Wildman–Crippen MR) is 95.7 cm³/mol. The summed E-state index contributed by atoms with van der Waals surface area (Å²) in [5.74, 6) is 0.987. The molecule has 24 heavy (non-hydrogen) atoms. The Kier molecular flexibility index (Phi) is 4.60. The summed E-state index contributed by atoms with van der Waals surface area (Å²) < 4.78 is 0. The van der Waals surface area contributed by atoms with Gasteiger partial charge in [-0.1, -0.05) is 18.9 Å². The van der Waals surface area contributed by atoms with E-state index in [9.17, 15) is 4.79 Å². The Balaban J connectivity index is 1.45. The van der Waals surface area contributed by atoms with Gasteiger partial charge in [-0.15, -0.1) is 11.3 Å². The molecule has 2 unspecified atom stereocenters. The zero-order valence-corrected chi connectivity index (χ0v) is 14.7. The van der Waals surface area contributed by atoms with Crippen LogP contribution in [0.25, 0.3) is 10.7 Å². The summed E-state index contributed by atoms with van der Waals surface area (Å²) >= 11 is 1.57. The van der Waals surface area contributed by atoms with E-state index in [-0.39, 0.29) is 5.91 Å². The van der Waals surface area contributed by atoms with E-state index in [4.69, 9.17) is 0 Å². The molecule has 2 aromatic rings. The molecule has 1 aliphatic heterocycles. The van der Waals surface area contributed by atoms with Gasteiger partial charge < -0.3 is 4.90 Å². The first-order chi connectivity index (χ1) is 11.8. The molecule has 4 nitrogen and oxygen atoms in total. The molecule has 1 aliphatic carbocycles. The summed E-state index contributed by atoms with van der Waals surface area (Å²) in [5.41, 5.74) is 1.76. The number of piperidine rings is 1. The smallest absolute Gasteiger partial charge is 0.228 e. The van der Waals surface area contributed by atoms with E-state index in [2.05, 4.69) is 14.9 Å². The van der Waals surface area contributed by atoms with Crippen LogP contribution in [-0.2, 0) is 11.2 Å². The van der Waals surface area contributed by atoms with Crippen molar-refractivity contribution >= 4 is 17.2 Å². The first-order valence-electron chi connectivity index (χ1n) is 8.96. The summed E-state index contributed by atoms with van der Waals surface area (Å²) in [6.07, 6.45) is 9.75. The van der Waals surface area contributed by atoms with Crippen molar-refractivity contribution in [3.05, 3.63) is 35.5 Å². The van der Waals surface area contributed by atoms with Crippen molar-refractivity contribution in [2.75, 3.05) is 6.54 Å². The molecule has 0 spiro atoms. The van der Waals surface area contributed by atoms with Gasteiger partial charge in [0, 0.05) is 24.2 Å². The second kappa shape index (κ2) is 7.01. The van der Waals surface area contributed by atoms with Crippen LogP contribution in [-0.4, -0.2) is 33.4 Å².